The van der Waals surface area contributed by atoms with Crippen LogP contribution in [0.2, 0.25) is 0 Å². The molecule has 0 aliphatic heterocycles. The molecule has 0 radical (unpaired) electrons. The summed E-state index contributed by atoms with van der Waals surface area (Å²) >= 11 is 0. The average Bonchev–Trinajstić information content (AvgIpc) is 1.97. The zero-order valence-electron chi connectivity index (χ0n) is 7.89. The number of hydrogen-bond acceptors (Lipinski definition) is 1. The van der Waals surface area contributed by atoms with Gasteiger partial charge in [-0.15, -0.1) is 0 Å². The van der Waals surface area contributed by atoms with E-state index in [9.17, 15) is 0 Å². The normalized spacial score (nSPS) is 12.2. The smallest absolute Gasteiger partial charge is 0.0267 e. The predicted molar refractivity (Wildman–Crippen MR) is 52.0 cm³/mol. The van der Waals surface area contributed by atoms with Crippen molar-refractivity contribution in [1.82, 2.24) is 0 Å². The molecule has 0 saturated carbocycles. The second-order valence-corrected chi connectivity index (χ2v) is 2.87. The lowest BCUT2D eigenvalue weighted by Gasteiger charge is -1.87. The van der Waals surface area contributed by atoms with E-state index < -0.39 is 0 Å². The Balaban J connectivity index is 3.87. The maximum absolute atomic E-state index is 4.12. The topological polar surface area (TPSA) is 12.4 Å². The van der Waals surface area contributed by atoms with Gasteiger partial charge in [0.1, 0.15) is 0 Å². The van der Waals surface area contributed by atoms with Crippen molar-refractivity contribution in [3.8, 4) is 0 Å². The SMILES string of the molecule is CCC(C)=CN=CC=C(C)C. The van der Waals surface area contributed by atoms with Crippen molar-refractivity contribution in [1.29, 1.82) is 0 Å². The minimum Gasteiger partial charge on any atom is -0.265 e. The molecule has 0 aliphatic carbocycles. The van der Waals surface area contributed by atoms with Crippen LogP contribution in [-0.4, -0.2) is 6.21 Å². The Hall–Kier alpha value is -0.850. The molecule has 0 aromatic rings. The molecule has 0 rings (SSSR count). The van der Waals surface area contributed by atoms with Gasteiger partial charge in [0.15, 0.2) is 0 Å². The highest BCUT2D eigenvalue weighted by molar-refractivity contribution is 5.72. The Bertz CT molecular complexity index is 181. The summed E-state index contributed by atoms with van der Waals surface area (Å²) in [6.45, 7) is 8.33. The molecular weight excluding hydrogens is 134 g/mol. The minimum atomic E-state index is 1.08. The molecule has 1 heteroatoms. The second kappa shape index (κ2) is 5.90. The lowest BCUT2D eigenvalue weighted by Crippen LogP contribution is -1.70. The molecule has 0 aromatic heterocycles. The molecule has 1 nitrogen and oxygen atoms in total. The van der Waals surface area contributed by atoms with Crippen LogP contribution in [0, 0.1) is 0 Å². The van der Waals surface area contributed by atoms with E-state index in [1.54, 1.807) is 0 Å². The van der Waals surface area contributed by atoms with E-state index >= 15 is 0 Å². The van der Waals surface area contributed by atoms with E-state index in [1.165, 1.54) is 11.1 Å². The van der Waals surface area contributed by atoms with Gasteiger partial charge in [0.25, 0.3) is 0 Å². The molecule has 11 heavy (non-hydrogen) atoms. The van der Waals surface area contributed by atoms with Gasteiger partial charge in [-0.05, 0) is 33.3 Å². The van der Waals surface area contributed by atoms with Crippen LogP contribution in [0.1, 0.15) is 34.1 Å². The van der Waals surface area contributed by atoms with E-state index in [0.29, 0.717) is 0 Å². The van der Waals surface area contributed by atoms with E-state index in [4.69, 9.17) is 0 Å². The minimum absolute atomic E-state index is 1.08. The van der Waals surface area contributed by atoms with Crippen molar-refractivity contribution in [3.05, 3.63) is 23.4 Å². The lowest BCUT2D eigenvalue weighted by molar-refractivity contribution is 1.09. The van der Waals surface area contributed by atoms with E-state index in [-0.39, 0.29) is 0 Å². The Morgan fingerprint density at radius 2 is 1.91 bits per heavy atom. The van der Waals surface area contributed by atoms with Crippen LogP contribution in [0.25, 0.3) is 0 Å². The molecule has 0 heterocycles. The fourth-order valence-electron chi connectivity index (χ4n) is 0.454. The van der Waals surface area contributed by atoms with Crippen molar-refractivity contribution in [2.24, 2.45) is 4.99 Å². The third-order valence-corrected chi connectivity index (χ3v) is 1.35. The maximum Gasteiger partial charge on any atom is 0.0267 e. The third-order valence-electron chi connectivity index (χ3n) is 1.35. The number of rotatable bonds is 3. The standard InChI is InChI=1S/C10H17N/c1-5-10(4)8-11-7-6-9(2)3/h6-8H,5H2,1-4H3. The molecule has 0 aromatic carbocycles. The number of hydrogen-bond donors (Lipinski definition) is 0. The molecule has 0 unspecified atom stereocenters. The average molecular weight is 151 g/mol. The van der Waals surface area contributed by atoms with Crippen molar-refractivity contribution in [2.75, 3.05) is 0 Å². The van der Waals surface area contributed by atoms with Gasteiger partial charge in [0, 0.05) is 12.4 Å². The van der Waals surface area contributed by atoms with Gasteiger partial charge in [-0.1, -0.05) is 18.1 Å². The first-order chi connectivity index (χ1) is 5.16. The first kappa shape index (κ1) is 10.2. The third kappa shape index (κ3) is 7.04. The fourth-order valence-corrected chi connectivity index (χ4v) is 0.454. The molecule has 62 valence electrons. The van der Waals surface area contributed by atoms with Crippen LogP contribution >= 0.6 is 0 Å². The molecule has 0 fully saturated rings. The number of nitrogens with zero attached hydrogens (tertiary/aromatic N) is 1. The Labute approximate surface area is 69.5 Å². The summed E-state index contributed by atoms with van der Waals surface area (Å²) in [7, 11) is 0. The van der Waals surface area contributed by atoms with Crippen LogP contribution < -0.4 is 0 Å². The molecule has 0 N–H and O–H groups in total. The van der Waals surface area contributed by atoms with Crippen LogP contribution in [0.4, 0.5) is 0 Å². The van der Waals surface area contributed by atoms with E-state index in [1.807, 2.05) is 18.5 Å². The summed E-state index contributed by atoms with van der Waals surface area (Å²) < 4.78 is 0. The van der Waals surface area contributed by atoms with Crippen molar-refractivity contribution >= 4 is 6.21 Å². The van der Waals surface area contributed by atoms with Crippen molar-refractivity contribution < 1.29 is 0 Å². The maximum atomic E-state index is 4.12. The zero-order chi connectivity index (χ0) is 8.69. The summed E-state index contributed by atoms with van der Waals surface area (Å²) in [5.74, 6) is 0. The number of allylic oxidation sites excluding steroid dienone is 3. The van der Waals surface area contributed by atoms with Gasteiger partial charge in [0.2, 0.25) is 0 Å². The number of aliphatic imine (C=N–C) groups is 1. The fraction of sp³-hybridized carbons (Fsp3) is 0.500. The predicted octanol–water partition coefficient (Wildman–Crippen LogP) is 3.34. The summed E-state index contributed by atoms with van der Waals surface area (Å²) in [6, 6.07) is 0. The van der Waals surface area contributed by atoms with Crippen LogP contribution in [0.3, 0.4) is 0 Å². The summed E-state index contributed by atoms with van der Waals surface area (Å²) in [5, 5.41) is 0. The van der Waals surface area contributed by atoms with Crippen LogP contribution in [0.5, 0.6) is 0 Å². The van der Waals surface area contributed by atoms with Crippen molar-refractivity contribution in [3.63, 3.8) is 0 Å². The molecule has 0 aliphatic rings. The van der Waals surface area contributed by atoms with Gasteiger partial charge in [-0.2, -0.15) is 0 Å². The molecule has 0 amide bonds. The molecular formula is C10H17N. The van der Waals surface area contributed by atoms with E-state index in [0.717, 1.165) is 6.42 Å². The van der Waals surface area contributed by atoms with Gasteiger partial charge >= 0.3 is 0 Å². The summed E-state index contributed by atoms with van der Waals surface area (Å²) in [4.78, 5) is 4.12. The van der Waals surface area contributed by atoms with Crippen LogP contribution in [0.15, 0.2) is 28.4 Å². The molecule has 0 spiro atoms. The highest BCUT2D eigenvalue weighted by Gasteiger charge is 1.77. The monoisotopic (exact) mass is 151 g/mol. The summed E-state index contributed by atoms with van der Waals surface area (Å²) in [6.07, 6.45) is 6.81. The van der Waals surface area contributed by atoms with Gasteiger partial charge in [-0.3, -0.25) is 4.99 Å². The quantitative estimate of drug-likeness (QED) is 0.548. The van der Waals surface area contributed by atoms with E-state index in [2.05, 4.69) is 32.7 Å². The second-order valence-electron chi connectivity index (χ2n) is 2.87. The first-order valence-electron chi connectivity index (χ1n) is 3.99. The Morgan fingerprint density at radius 3 is 2.36 bits per heavy atom. The van der Waals surface area contributed by atoms with Gasteiger partial charge in [0.05, 0.1) is 0 Å². The lowest BCUT2D eigenvalue weighted by atomic mass is 10.3. The Kier molecular flexibility index (Phi) is 5.44. The van der Waals surface area contributed by atoms with Crippen molar-refractivity contribution in [2.45, 2.75) is 34.1 Å². The summed E-state index contributed by atoms with van der Waals surface area (Å²) in [5.41, 5.74) is 2.58. The zero-order valence-corrected chi connectivity index (χ0v) is 7.89. The molecule has 0 bridgehead atoms. The van der Waals surface area contributed by atoms with Gasteiger partial charge in [-0.25, -0.2) is 0 Å². The first-order valence-corrected chi connectivity index (χ1v) is 3.99. The Morgan fingerprint density at radius 1 is 1.27 bits per heavy atom. The molecule has 0 saturated heterocycles. The van der Waals surface area contributed by atoms with Gasteiger partial charge < -0.3 is 0 Å². The highest BCUT2D eigenvalue weighted by atomic mass is 14.7. The highest BCUT2D eigenvalue weighted by Crippen LogP contribution is 1.96. The van der Waals surface area contributed by atoms with Crippen LogP contribution in [-0.2, 0) is 0 Å². The largest absolute Gasteiger partial charge is 0.265 e. The molecule has 0 atom stereocenters.